The molecule has 0 amide bonds. The van der Waals surface area contributed by atoms with E-state index in [9.17, 15) is 9.90 Å². The molecule has 0 aliphatic heterocycles. The van der Waals surface area contributed by atoms with E-state index in [1.807, 2.05) is 85.8 Å². The first-order valence-electron chi connectivity index (χ1n) is 10.8. The van der Waals surface area contributed by atoms with Gasteiger partial charge in [0.1, 0.15) is 23.0 Å². The summed E-state index contributed by atoms with van der Waals surface area (Å²) in [6, 6.07) is 25.1. The molecular weight excluding hydrogens is 416 g/mol. The van der Waals surface area contributed by atoms with Crippen LogP contribution in [0.3, 0.4) is 0 Å². The average molecular weight is 443 g/mol. The number of aliphatic carboxylic acids is 1. The summed E-state index contributed by atoms with van der Waals surface area (Å²) in [5, 5.41) is 11.4. The maximum atomic E-state index is 11.5. The Morgan fingerprint density at radius 3 is 2.06 bits per heavy atom. The molecule has 5 heteroatoms. The third-order valence-electron chi connectivity index (χ3n) is 5.79. The minimum absolute atomic E-state index is 0.529. The summed E-state index contributed by atoms with van der Waals surface area (Å²) >= 11 is 0. The Bertz CT molecular complexity index is 1260. The molecular formula is C28H26O5. The van der Waals surface area contributed by atoms with Gasteiger partial charge in [-0.1, -0.05) is 37.3 Å². The summed E-state index contributed by atoms with van der Waals surface area (Å²) < 4.78 is 17.1. The van der Waals surface area contributed by atoms with Crippen molar-refractivity contribution in [3.63, 3.8) is 0 Å². The van der Waals surface area contributed by atoms with Crippen molar-refractivity contribution in [3.05, 3.63) is 84.4 Å². The quantitative estimate of drug-likeness (QED) is 0.322. The Kier molecular flexibility index (Phi) is 6.50. The van der Waals surface area contributed by atoms with E-state index in [4.69, 9.17) is 14.2 Å². The van der Waals surface area contributed by atoms with Gasteiger partial charge in [-0.15, -0.1) is 0 Å². The lowest BCUT2D eigenvalue weighted by Crippen LogP contribution is -2.10. The van der Waals surface area contributed by atoms with Crippen molar-refractivity contribution in [2.75, 3.05) is 14.2 Å². The highest BCUT2D eigenvalue weighted by molar-refractivity contribution is 5.96. The van der Waals surface area contributed by atoms with Gasteiger partial charge in [0.25, 0.3) is 0 Å². The molecule has 168 valence electrons. The van der Waals surface area contributed by atoms with Crippen LogP contribution in [-0.4, -0.2) is 25.3 Å². The SMILES string of the molecule is CCC(C(=O)O)c1ccc(Oc2c(-c3ccc(OC)cc3)ccc3cc(OC)ccc23)cc1. The molecule has 0 radical (unpaired) electrons. The molecule has 0 fully saturated rings. The van der Waals surface area contributed by atoms with Crippen LogP contribution in [0.2, 0.25) is 0 Å². The predicted molar refractivity (Wildman–Crippen MR) is 130 cm³/mol. The Morgan fingerprint density at radius 2 is 1.45 bits per heavy atom. The van der Waals surface area contributed by atoms with Crippen LogP contribution in [0.15, 0.2) is 78.9 Å². The van der Waals surface area contributed by atoms with Gasteiger partial charge < -0.3 is 19.3 Å². The van der Waals surface area contributed by atoms with Gasteiger partial charge in [-0.25, -0.2) is 0 Å². The van der Waals surface area contributed by atoms with Crippen LogP contribution in [0.25, 0.3) is 21.9 Å². The topological polar surface area (TPSA) is 65.0 Å². The minimum atomic E-state index is -0.823. The van der Waals surface area contributed by atoms with Crippen LogP contribution in [0.1, 0.15) is 24.8 Å². The van der Waals surface area contributed by atoms with Gasteiger partial charge in [0.15, 0.2) is 0 Å². The van der Waals surface area contributed by atoms with Crippen molar-refractivity contribution in [2.45, 2.75) is 19.3 Å². The molecule has 5 nitrogen and oxygen atoms in total. The number of hydrogen-bond acceptors (Lipinski definition) is 4. The Labute approximate surface area is 193 Å². The summed E-state index contributed by atoms with van der Waals surface area (Å²) in [5.41, 5.74) is 2.70. The first-order valence-corrected chi connectivity index (χ1v) is 10.8. The molecule has 0 saturated heterocycles. The number of benzene rings is 4. The maximum absolute atomic E-state index is 11.5. The number of rotatable bonds is 8. The molecule has 1 atom stereocenters. The van der Waals surface area contributed by atoms with Crippen LogP contribution < -0.4 is 14.2 Å². The molecule has 0 saturated carbocycles. The normalized spacial score (nSPS) is 11.7. The summed E-state index contributed by atoms with van der Waals surface area (Å²) in [4.78, 5) is 11.5. The van der Waals surface area contributed by atoms with E-state index in [1.54, 1.807) is 14.2 Å². The van der Waals surface area contributed by atoms with Crippen molar-refractivity contribution in [1.29, 1.82) is 0 Å². The fourth-order valence-electron chi connectivity index (χ4n) is 3.95. The van der Waals surface area contributed by atoms with Crippen LogP contribution in [-0.2, 0) is 4.79 Å². The van der Waals surface area contributed by atoms with E-state index in [0.717, 1.165) is 44.7 Å². The second kappa shape index (κ2) is 9.65. The smallest absolute Gasteiger partial charge is 0.310 e. The van der Waals surface area contributed by atoms with E-state index in [-0.39, 0.29) is 0 Å². The number of ether oxygens (including phenoxy) is 3. The largest absolute Gasteiger partial charge is 0.497 e. The third-order valence-corrected chi connectivity index (χ3v) is 5.79. The predicted octanol–water partition coefficient (Wildman–Crippen LogP) is 6.89. The van der Waals surface area contributed by atoms with E-state index in [2.05, 4.69) is 0 Å². The first-order chi connectivity index (χ1) is 16.0. The van der Waals surface area contributed by atoms with Crippen molar-refractivity contribution >= 4 is 16.7 Å². The maximum Gasteiger partial charge on any atom is 0.310 e. The lowest BCUT2D eigenvalue weighted by atomic mass is 9.96. The van der Waals surface area contributed by atoms with Gasteiger partial charge in [0.05, 0.1) is 20.1 Å². The van der Waals surface area contributed by atoms with Gasteiger partial charge >= 0.3 is 5.97 Å². The molecule has 4 aromatic rings. The van der Waals surface area contributed by atoms with E-state index < -0.39 is 11.9 Å². The number of carboxylic acid groups (broad SMARTS) is 1. The number of carboxylic acids is 1. The minimum Gasteiger partial charge on any atom is -0.497 e. The fourth-order valence-corrected chi connectivity index (χ4v) is 3.95. The molecule has 0 aliphatic carbocycles. The second-order valence-electron chi connectivity index (χ2n) is 7.73. The van der Waals surface area contributed by atoms with Crippen molar-refractivity contribution in [3.8, 4) is 34.1 Å². The monoisotopic (exact) mass is 442 g/mol. The molecule has 0 aromatic heterocycles. The fraction of sp³-hybridized carbons (Fsp3) is 0.179. The highest BCUT2D eigenvalue weighted by Gasteiger charge is 2.18. The molecule has 33 heavy (non-hydrogen) atoms. The van der Waals surface area contributed by atoms with Crippen molar-refractivity contribution in [1.82, 2.24) is 0 Å². The highest BCUT2D eigenvalue weighted by atomic mass is 16.5. The molecule has 1 unspecified atom stereocenters. The van der Waals surface area contributed by atoms with Crippen LogP contribution in [0, 0.1) is 0 Å². The first kappa shape index (κ1) is 22.2. The standard InChI is InChI=1S/C28H26O5/c1-4-24(28(29)30)18-7-12-22(13-8-18)33-27-25(19-5-10-21(31-2)11-6-19)15-9-20-17-23(32-3)14-16-26(20)27/h5-17,24H,4H2,1-3H3,(H,29,30). The third kappa shape index (κ3) is 4.62. The van der Waals surface area contributed by atoms with Crippen LogP contribution >= 0.6 is 0 Å². The molecule has 0 spiro atoms. The number of carbonyl (C=O) groups is 1. The zero-order valence-electron chi connectivity index (χ0n) is 18.9. The molecule has 1 N–H and O–H groups in total. The van der Waals surface area contributed by atoms with Gasteiger partial charge in [-0.3, -0.25) is 4.79 Å². The molecule has 4 aromatic carbocycles. The molecule has 0 heterocycles. The van der Waals surface area contributed by atoms with Gasteiger partial charge in [-0.05, 0) is 71.5 Å². The summed E-state index contributed by atoms with van der Waals surface area (Å²) in [6.45, 7) is 1.87. The zero-order valence-corrected chi connectivity index (χ0v) is 18.9. The Morgan fingerprint density at radius 1 is 0.818 bits per heavy atom. The Balaban J connectivity index is 1.79. The molecule has 4 rings (SSSR count). The summed E-state index contributed by atoms with van der Waals surface area (Å²) in [5.74, 6) is 1.56. The summed E-state index contributed by atoms with van der Waals surface area (Å²) in [6.07, 6.45) is 0.530. The lowest BCUT2D eigenvalue weighted by molar-refractivity contribution is -0.138. The van der Waals surface area contributed by atoms with E-state index >= 15 is 0 Å². The van der Waals surface area contributed by atoms with Gasteiger partial charge in [-0.2, -0.15) is 0 Å². The van der Waals surface area contributed by atoms with Crippen LogP contribution in [0.5, 0.6) is 23.0 Å². The van der Waals surface area contributed by atoms with E-state index in [1.165, 1.54) is 0 Å². The highest BCUT2D eigenvalue weighted by Crippen LogP contribution is 2.41. The number of hydrogen-bond donors (Lipinski definition) is 1. The van der Waals surface area contributed by atoms with E-state index in [0.29, 0.717) is 12.2 Å². The average Bonchev–Trinajstić information content (AvgIpc) is 2.85. The van der Waals surface area contributed by atoms with Gasteiger partial charge in [0.2, 0.25) is 0 Å². The van der Waals surface area contributed by atoms with Crippen molar-refractivity contribution < 1.29 is 24.1 Å². The second-order valence-corrected chi connectivity index (χ2v) is 7.73. The Hall–Kier alpha value is -3.99. The summed E-state index contributed by atoms with van der Waals surface area (Å²) in [7, 11) is 3.29. The van der Waals surface area contributed by atoms with Crippen LogP contribution in [0.4, 0.5) is 0 Å². The number of fused-ring (bicyclic) bond motifs is 1. The van der Waals surface area contributed by atoms with Gasteiger partial charge in [0, 0.05) is 10.9 Å². The zero-order chi connectivity index (χ0) is 23.4. The molecule has 0 bridgehead atoms. The number of methoxy groups -OCH3 is 2. The molecule has 0 aliphatic rings. The lowest BCUT2D eigenvalue weighted by Gasteiger charge is -2.16. The van der Waals surface area contributed by atoms with Crippen molar-refractivity contribution in [2.24, 2.45) is 0 Å².